The maximum atomic E-state index is 9.92. The minimum Gasteiger partial charge on any atom is -0.313 e. The van der Waals surface area contributed by atoms with Crippen molar-refractivity contribution in [3.8, 4) is 0 Å². The van der Waals surface area contributed by atoms with Crippen molar-refractivity contribution in [2.45, 2.75) is 45.2 Å². The normalized spacial score (nSPS) is 34.0. The van der Waals surface area contributed by atoms with Gasteiger partial charge in [0.1, 0.15) is 0 Å². The first-order valence-corrected chi connectivity index (χ1v) is 5.90. The number of alkyl halides is 1. The Balaban J connectivity index is 2.88. The molecule has 1 aliphatic heterocycles. The quantitative estimate of drug-likeness (QED) is 0.591. The van der Waals surface area contributed by atoms with Crippen molar-refractivity contribution in [2.75, 3.05) is 4.43 Å². The standard InChI is InChI=1S/C9H18INO/c1-8(2)5-7(6-10)9(3,4)11(8)12/h7,12H,5-6H2,1-4H3. The minimum atomic E-state index is -0.0648. The molecule has 0 bridgehead atoms. The average Bonchev–Trinajstić information content (AvgIpc) is 2.11. The Labute approximate surface area is 88.4 Å². The number of hydroxylamine groups is 2. The number of halogens is 1. The van der Waals surface area contributed by atoms with Crippen molar-refractivity contribution in [1.29, 1.82) is 0 Å². The topological polar surface area (TPSA) is 23.5 Å². The van der Waals surface area contributed by atoms with E-state index in [2.05, 4.69) is 50.3 Å². The van der Waals surface area contributed by atoms with Crippen LogP contribution in [-0.4, -0.2) is 25.8 Å². The van der Waals surface area contributed by atoms with Gasteiger partial charge in [-0.15, -0.1) is 0 Å². The summed E-state index contributed by atoms with van der Waals surface area (Å²) >= 11 is 2.40. The maximum absolute atomic E-state index is 9.92. The van der Waals surface area contributed by atoms with Gasteiger partial charge in [-0.2, -0.15) is 5.06 Å². The van der Waals surface area contributed by atoms with Crippen molar-refractivity contribution >= 4 is 22.6 Å². The molecule has 1 saturated heterocycles. The Kier molecular flexibility index (Phi) is 2.77. The summed E-state index contributed by atoms with van der Waals surface area (Å²) < 4.78 is 1.12. The van der Waals surface area contributed by atoms with Crippen LogP contribution in [0.1, 0.15) is 34.1 Å². The third-order valence-corrected chi connectivity index (χ3v) is 4.11. The molecule has 72 valence electrons. The molecule has 2 nitrogen and oxygen atoms in total. The van der Waals surface area contributed by atoms with Gasteiger partial charge in [0, 0.05) is 15.5 Å². The van der Waals surface area contributed by atoms with E-state index in [1.165, 1.54) is 5.06 Å². The van der Waals surface area contributed by atoms with Crippen molar-refractivity contribution in [3.63, 3.8) is 0 Å². The molecule has 0 aromatic heterocycles. The monoisotopic (exact) mass is 283 g/mol. The van der Waals surface area contributed by atoms with Crippen LogP contribution in [0.15, 0.2) is 0 Å². The van der Waals surface area contributed by atoms with Crippen LogP contribution in [0, 0.1) is 5.92 Å². The SMILES string of the molecule is CC1(C)CC(CI)C(C)(C)N1O. The van der Waals surface area contributed by atoms with Gasteiger partial charge in [-0.1, -0.05) is 22.6 Å². The Hall–Kier alpha value is 0.650. The number of rotatable bonds is 1. The summed E-state index contributed by atoms with van der Waals surface area (Å²) in [6.45, 7) is 8.43. The van der Waals surface area contributed by atoms with Gasteiger partial charge in [-0.3, -0.25) is 0 Å². The molecule has 1 atom stereocenters. The zero-order chi connectivity index (χ0) is 9.57. The molecular weight excluding hydrogens is 265 g/mol. The highest BCUT2D eigenvalue weighted by Gasteiger charge is 2.50. The first kappa shape index (κ1) is 10.7. The molecule has 0 aromatic carbocycles. The van der Waals surface area contributed by atoms with E-state index < -0.39 is 0 Å². The summed E-state index contributed by atoms with van der Waals surface area (Å²) in [5.74, 6) is 0.595. The molecule has 0 saturated carbocycles. The first-order valence-electron chi connectivity index (χ1n) is 4.37. The van der Waals surface area contributed by atoms with Crippen molar-refractivity contribution < 1.29 is 5.21 Å². The third-order valence-electron chi connectivity index (χ3n) is 3.05. The van der Waals surface area contributed by atoms with E-state index in [1.54, 1.807) is 0 Å². The van der Waals surface area contributed by atoms with Crippen LogP contribution in [-0.2, 0) is 0 Å². The molecule has 1 fully saturated rings. The summed E-state index contributed by atoms with van der Waals surface area (Å²) in [5, 5.41) is 11.4. The lowest BCUT2D eigenvalue weighted by Gasteiger charge is -2.35. The highest BCUT2D eigenvalue weighted by Crippen LogP contribution is 2.43. The van der Waals surface area contributed by atoms with Crippen LogP contribution in [0.5, 0.6) is 0 Å². The van der Waals surface area contributed by atoms with Gasteiger partial charge < -0.3 is 5.21 Å². The highest BCUT2D eigenvalue weighted by molar-refractivity contribution is 14.1. The Morgan fingerprint density at radius 1 is 1.42 bits per heavy atom. The molecule has 1 aliphatic rings. The zero-order valence-corrected chi connectivity index (χ0v) is 10.4. The third kappa shape index (κ3) is 1.51. The summed E-state index contributed by atoms with van der Waals surface area (Å²) in [6, 6.07) is 0. The molecule has 0 spiro atoms. The Morgan fingerprint density at radius 2 is 1.92 bits per heavy atom. The maximum Gasteiger partial charge on any atom is 0.0446 e. The minimum absolute atomic E-state index is 0.0562. The molecule has 0 amide bonds. The fraction of sp³-hybridized carbons (Fsp3) is 1.00. The molecule has 1 N–H and O–H groups in total. The molecular formula is C9H18INO. The lowest BCUT2D eigenvalue weighted by molar-refractivity contribution is -0.195. The summed E-state index contributed by atoms with van der Waals surface area (Å²) in [4.78, 5) is 0. The van der Waals surface area contributed by atoms with Crippen LogP contribution in [0.2, 0.25) is 0 Å². The lowest BCUT2D eigenvalue weighted by atomic mass is 9.89. The predicted octanol–water partition coefficient (Wildman–Crippen LogP) is 2.69. The van der Waals surface area contributed by atoms with Gasteiger partial charge in [-0.25, -0.2) is 0 Å². The summed E-state index contributed by atoms with van der Waals surface area (Å²) in [5.41, 5.74) is -0.121. The molecule has 1 heterocycles. The molecule has 1 unspecified atom stereocenters. The van der Waals surface area contributed by atoms with E-state index in [1.807, 2.05) is 0 Å². The van der Waals surface area contributed by atoms with E-state index in [9.17, 15) is 5.21 Å². The zero-order valence-electron chi connectivity index (χ0n) is 8.26. The van der Waals surface area contributed by atoms with Crippen LogP contribution in [0.4, 0.5) is 0 Å². The van der Waals surface area contributed by atoms with Crippen LogP contribution >= 0.6 is 22.6 Å². The number of nitrogens with zero attached hydrogens (tertiary/aromatic N) is 1. The lowest BCUT2D eigenvalue weighted by Crippen LogP contribution is -2.47. The molecule has 12 heavy (non-hydrogen) atoms. The van der Waals surface area contributed by atoms with Crippen molar-refractivity contribution in [2.24, 2.45) is 5.92 Å². The number of hydrogen-bond donors (Lipinski definition) is 1. The van der Waals surface area contributed by atoms with Crippen LogP contribution < -0.4 is 0 Å². The van der Waals surface area contributed by atoms with Gasteiger partial charge in [0.2, 0.25) is 0 Å². The van der Waals surface area contributed by atoms with Gasteiger partial charge in [-0.05, 0) is 40.0 Å². The smallest absolute Gasteiger partial charge is 0.0446 e. The molecule has 0 radical (unpaired) electrons. The molecule has 0 aliphatic carbocycles. The van der Waals surface area contributed by atoms with Crippen molar-refractivity contribution in [1.82, 2.24) is 5.06 Å². The van der Waals surface area contributed by atoms with Gasteiger partial charge in [0.05, 0.1) is 0 Å². The second kappa shape index (κ2) is 3.10. The fourth-order valence-corrected chi connectivity index (χ4v) is 3.52. The van der Waals surface area contributed by atoms with E-state index in [0.717, 1.165) is 10.8 Å². The first-order chi connectivity index (χ1) is 5.32. The van der Waals surface area contributed by atoms with E-state index >= 15 is 0 Å². The molecule has 3 heteroatoms. The predicted molar refractivity (Wildman–Crippen MR) is 58.8 cm³/mol. The Bertz CT molecular complexity index is 179. The largest absolute Gasteiger partial charge is 0.313 e. The highest BCUT2D eigenvalue weighted by atomic mass is 127. The second-order valence-electron chi connectivity index (χ2n) is 4.83. The second-order valence-corrected chi connectivity index (χ2v) is 5.71. The fourth-order valence-electron chi connectivity index (χ4n) is 2.14. The Morgan fingerprint density at radius 3 is 2.08 bits per heavy atom. The molecule has 1 rings (SSSR count). The summed E-state index contributed by atoms with van der Waals surface area (Å²) in [7, 11) is 0. The molecule has 0 aromatic rings. The van der Waals surface area contributed by atoms with Gasteiger partial charge in [0.25, 0.3) is 0 Å². The summed E-state index contributed by atoms with van der Waals surface area (Å²) in [6.07, 6.45) is 1.08. The van der Waals surface area contributed by atoms with Crippen LogP contribution in [0.3, 0.4) is 0 Å². The van der Waals surface area contributed by atoms with E-state index in [4.69, 9.17) is 0 Å². The van der Waals surface area contributed by atoms with Crippen molar-refractivity contribution in [3.05, 3.63) is 0 Å². The van der Waals surface area contributed by atoms with Gasteiger partial charge in [0.15, 0.2) is 0 Å². The van der Waals surface area contributed by atoms with E-state index in [0.29, 0.717) is 5.92 Å². The van der Waals surface area contributed by atoms with E-state index in [-0.39, 0.29) is 11.1 Å². The number of hydrogen-bond acceptors (Lipinski definition) is 2. The average molecular weight is 283 g/mol. The van der Waals surface area contributed by atoms with Gasteiger partial charge >= 0.3 is 0 Å². The van der Waals surface area contributed by atoms with Crippen LogP contribution in [0.25, 0.3) is 0 Å².